The summed E-state index contributed by atoms with van der Waals surface area (Å²) in [5.74, 6) is -0.712. The van der Waals surface area contributed by atoms with Gasteiger partial charge in [-0.2, -0.15) is 10.2 Å². The third kappa shape index (κ3) is 5.26. The Morgan fingerprint density at radius 3 is 2.81 bits per heavy atom. The van der Waals surface area contributed by atoms with Gasteiger partial charge in [0.25, 0.3) is 5.91 Å². The average Bonchev–Trinajstić information content (AvgIpc) is 3.40. The van der Waals surface area contributed by atoms with E-state index in [9.17, 15) is 14.0 Å². The highest BCUT2D eigenvalue weighted by Gasteiger charge is 2.15. The molecule has 0 fully saturated rings. The number of hydrogen-bond acceptors (Lipinski definition) is 6. The van der Waals surface area contributed by atoms with Gasteiger partial charge in [-0.1, -0.05) is 29.8 Å². The number of nitrogens with one attached hydrogen (secondary N) is 1. The first-order valence-corrected chi connectivity index (χ1v) is 11.4. The number of rotatable bonds is 7. The molecule has 0 atom stereocenters. The van der Waals surface area contributed by atoms with Gasteiger partial charge in [0.15, 0.2) is 6.61 Å². The Balaban J connectivity index is 1.30. The first kappa shape index (κ1) is 24.0. The molecule has 0 aliphatic carbocycles. The van der Waals surface area contributed by atoms with Crippen molar-refractivity contribution in [3.63, 3.8) is 0 Å². The van der Waals surface area contributed by atoms with Crippen molar-refractivity contribution in [2.75, 3.05) is 6.61 Å². The lowest BCUT2D eigenvalue weighted by molar-refractivity contribution is -0.123. The second kappa shape index (κ2) is 10.5. The van der Waals surface area contributed by atoms with E-state index in [0.29, 0.717) is 16.3 Å². The fourth-order valence-electron chi connectivity index (χ4n) is 3.67. The Labute approximate surface area is 214 Å². The minimum Gasteiger partial charge on any atom is -0.483 e. The third-order valence-electron chi connectivity index (χ3n) is 5.37. The number of fused-ring (bicyclic) bond motifs is 1. The van der Waals surface area contributed by atoms with Crippen LogP contribution in [0.3, 0.4) is 0 Å². The molecule has 184 valence electrons. The molecule has 10 heteroatoms. The van der Waals surface area contributed by atoms with Crippen LogP contribution in [-0.2, 0) is 4.79 Å². The monoisotopic (exact) mass is 516 g/mol. The van der Waals surface area contributed by atoms with Crippen LogP contribution < -0.4 is 15.6 Å². The summed E-state index contributed by atoms with van der Waals surface area (Å²) < 4.78 is 26.3. The number of ether oxygens (including phenoxy) is 1. The van der Waals surface area contributed by atoms with Gasteiger partial charge in [0.1, 0.15) is 23.4 Å². The highest BCUT2D eigenvalue weighted by atomic mass is 35.5. The van der Waals surface area contributed by atoms with E-state index in [0.717, 1.165) is 23.7 Å². The third-order valence-corrected chi connectivity index (χ3v) is 5.61. The number of aromatic nitrogens is 2. The molecule has 3 aromatic carbocycles. The summed E-state index contributed by atoms with van der Waals surface area (Å²) in [4.78, 5) is 24.9. The van der Waals surface area contributed by atoms with Crippen LogP contribution in [0.4, 0.5) is 4.39 Å². The van der Waals surface area contributed by atoms with Crippen LogP contribution in [0.15, 0.2) is 99.6 Å². The lowest BCUT2D eigenvalue weighted by atomic mass is 10.1. The first-order chi connectivity index (χ1) is 18.0. The highest BCUT2D eigenvalue weighted by Crippen LogP contribution is 2.33. The van der Waals surface area contributed by atoms with Gasteiger partial charge in [0.2, 0.25) is 5.43 Å². The SMILES string of the molecule is O=C(COc1ccc(Cl)cc1-c1ccnn1-c1ccccc1)N/N=C/c1coc2ccc(F)cc2c1=O. The predicted molar refractivity (Wildman–Crippen MR) is 138 cm³/mol. The summed E-state index contributed by atoms with van der Waals surface area (Å²) >= 11 is 6.24. The fraction of sp³-hybridized carbons (Fsp3) is 0.0370. The van der Waals surface area contributed by atoms with E-state index in [4.69, 9.17) is 20.8 Å². The molecule has 0 aliphatic rings. The number of amides is 1. The maximum Gasteiger partial charge on any atom is 0.277 e. The molecule has 2 heterocycles. The van der Waals surface area contributed by atoms with Crippen molar-refractivity contribution in [2.24, 2.45) is 5.10 Å². The number of halogens is 2. The molecular formula is C27H18ClFN4O4. The molecule has 0 saturated carbocycles. The van der Waals surface area contributed by atoms with Crippen LogP contribution in [0.5, 0.6) is 5.75 Å². The normalized spacial score (nSPS) is 11.2. The summed E-state index contributed by atoms with van der Waals surface area (Å²) in [7, 11) is 0. The van der Waals surface area contributed by atoms with E-state index in [1.165, 1.54) is 18.4 Å². The molecule has 1 N–H and O–H groups in total. The van der Waals surface area contributed by atoms with Crippen molar-refractivity contribution in [3.05, 3.63) is 112 Å². The van der Waals surface area contributed by atoms with Crippen molar-refractivity contribution < 1.29 is 18.3 Å². The first-order valence-electron chi connectivity index (χ1n) is 11.0. The molecule has 5 aromatic rings. The average molecular weight is 517 g/mol. The van der Waals surface area contributed by atoms with E-state index >= 15 is 0 Å². The smallest absolute Gasteiger partial charge is 0.277 e. The molecule has 0 bridgehead atoms. The Hall–Kier alpha value is -4.76. The summed E-state index contributed by atoms with van der Waals surface area (Å²) in [6, 6.07) is 20.1. The number of benzene rings is 3. The maximum absolute atomic E-state index is 13.5. The highest BCUT2D eigenvalue weighted by molar-refractivity contribution is 6.31. The summed E-state index contributed by atoms with van der Waals surface area (Å²) in [5.41, 5.74) is 4.33. The molecule has 1 amide bonds. The lowest BCUT2D eigenvalue weighted by Crippen LogP contribution is -2.25. The Morgan fingerprint density at radius 2 is 1.97 bits per heavy atom. The van der Waals surface area contributed by atoms with Crippen LogP contribution in [0.25, 0.3) is 27.9 Å². The molecule has 0 unspecified atom stereocenters. The second-order valence-corrected chi connectivity index (χ2v) is 8.28. The van der Waals surface area contributed by atoms with Crippen LogP contribution in [0.2, 0.25) is 5.02 Å². The van der Waals surface area contributed by atoms with E-state index in [2.05, 4.69) is 15.6 Å². The molecule has 0 aliphatic heterocycles. The minimum atomic E-state index is -0.565. The zero-order valence-corrected chi connectivity index (χ0v) is 19.9. The van der Waals surface area contributed by atoms with Gasteiger partial charge >= 0.3 is 0 Å². The van der Waals surface area contributed by atoms with Crippen molar-refractivity contribution in [1.82, 2.24) is 15.2 Å². The topological polar surface area (TPSA) is 98.7 Å². The second-order valence-electron chi connectivity index (χ2n) is 7.85. The molecule has 37 heavy (non-hydrogen) atoms. The van der Waals surface area contributed by atoms with Gasteiger partial charge in [-0.15, -0.1) is 0 Å². The number of nitrogens with zero attached hydrogens (tertiary/aromatic N) is 3. The predicted octanol–water partition coefficient (Wildman–Crippen LogP) is 4.97. The summed E-state index contributed by atoms with van der Waals surface area (Å²) in [6.07, 6.45) is 3.97. The summed E-state index contributed by atoms with van der Waals surface area (Å²) in [6.45, 7) is -0.358. The number of para-hydroxylation sites is 1. The molecule has 0 spiro atoms. The number of hydrazone groups is 1. The lowest BCUT2D eigenvalue weighted by Gasteiger charge is -2.13. The largest absolute Gasteiger partial charge is 0.483 e. The van der Waals surface area contributed by atoms with Gasteiger partial charge in [-0.3, -0.25) is 9.59 Å². The Bertz CT molecular complexity index is 1680. The van der Waals surface area contributed by atoms with Gasteiger partial charge in [0, 0.05) is 10.6 Å². The van der Waals surface area contributed by atoms with E-state index < -0.39 is 17.2 Å². The minimum absolute atomic E-state index is 0.0495. The van der Waals surface area contributed by atoms with Crippen molar-refractivity contribution in [3.8, 4) is 22.7 Å². The molecule has 8 nitrogen and oxygen atoms in total. The number of carbonyl (C=O) groups is 1. The molecule has 0 saturated heterocycles. The molecule has 5 rings (SSSR count). The molecule has 0 radical (unpaired) electrons. The van der Waals surface area contributed by atoms with Gasteiger partial charge in [0.05, 0.1) is 34.7 Å². The van der Waals surface area contributed by atoms with Crippen LogP contribution >= 0.6 is 11.6 Å². The van der Waals surface area contributed by atoms with Crippen LogP contribution in [0, 0.1) is 5.82 Å². The van der Waals surface area contributed by atoms with E-state index in [1.54, 1.807) is 29.1 Å². The van der Waals surface area contributed by atoms with Crippen molar-refractivity contribution in [1.29, 1.82) is 0 Å². The quantitative estimate of drug-likeness (QED) is 0.243. The van der Waals surface area contributed by atoms with Crippen molar-refractivity contribution in [2.45, 2.75) is 0 Å². The standard InChI is InChI=1S/C27H18ClFN4O4/c28-18-6-8-24(21(12-18)23-10-11-31-33(23)20-4-2-1-3-5-20)37-16-26(34)32-30-14-17-15-36-25-9-7-19(29)13-22(25)27(17)35/h1-15H,16H2,(H,32,34)/b30-14+. The number of carbonyl (C=O) groups excluding carboxylic acids is 1. The summed E-state index contributed by atoms with van der Waals surface area (Å²) in [5, 5.41) is 8.75. The maximum atomic E-state index is 13.5. The fourth-order valence-corrected chi connectivity index (χ4v) is 3.84. The van der Waals surface area contributed by atoms with E-state index in [1.807, 2.05) is 36.4 Å². The van der Waals surface area contributed by atoms with Gasteiger partial charge in [-0.05, 0) is 54.6 Å². The van der Waals surface area contributed by atoms with Crippen molar-refractivity contribution >= 4 is 34.7 Å². The van der Waals surface area contributed by atoms with E-state index in [-0.39, 0.29) is 23.1 Å². The van der Waals surface area contributed by atoms with Gasteiger partial charge < -0.3 is 9.15 Å². The number of hydrogen-bond donors (Lipinski definition) is 1. The Kier molecular flexibility index (Phi) is 6.78. The van der Waals surface area contributed by atoms with Crippen LogP contribution in [0.1, 0.15) is 5.56 Å². The van der Waals surface area contributed by atoms with Gasteiger partial charge in [-0.25, -0.2) is 14.5 Å². The molecular weight excluding hydrogens is 499 g/mol. The Morgan fingerprint density at radius 1 is 1.14 bits per heavy atom. The zero-order chi connectivity index (χ0) is 25.8. The zero-order valence-electron chi connectivity index (χ0n) is 19.1. The van der Waals surface area contributed by atoms with Crippen LogP contribution in [-0.4, -0.2) is 28.5 Å². The molecule has 2 aromatic heterocycles.